The Labute approximate surface area is 93.8 Å². The molecule has 2 nitrogen and oxygen atoms in total. The van der Waals surface area contributed by atoms with Gasteiger partial charge in [0.15, 0.2) is 0 Å². The molecule has 0 saturated heterocycles. The third-order valence-corrected chi connectivity index (χ3v) is 4.65. The van der Waals surface area contributed by atoms with Crippen LogP contribution in [0.25, 0.3) is 0 Å². The molecule has 0 aromatic carbocycles. The Morgan fingerprint density at radius 3 is 1.27 bits per heavy atom. The monoisotopic (exact) mass is 368 g/mol. The van der Waals surface area contributed by atoms with Gasteiger partial charge in [-0.05, 0) is 0 Å². The Kier molecular flexibility index (Phi) is 18.8. The predicted octanol–water partition coefficient (Wildman–Crippen LogP) is -4.24. The molecule has 0 saturated carbocycles. The van der Waals surface area contributed by atoms with E-state index in [1.165, 1.54) is 0 Å². The van der Waals surface area contributed by atoms with Crippen molar-refractivity contribution in [2.24, 2.45) is 0 Å². The van der Waals surface area contributed by atoms with Gasteiger partial charge in [0.2, 0.25) is 0 Å². The second kappa shape index (κ2) is 11.4. The van der Waals surface area contributed by atoms with Crippen molar-refractivity contribution in [2.45, 2.75) is 39.9 Å². The minimum absolute atomic E-state index is 0. The molecule has 0 radical (unpaired) electrons. The maximum atomic E-state index is 5.32. The first-order valence-corrected chi connectivity index (χ1v) is 6.12. The maximum absolute atomic E-state index is 5.32. The molecule has 0 rings (SSSR count). The van der Waals surface area contributed by atoms with Crippen LogP contribution in [0.1, 0.15) is 27.7 Å². The molecular weight excluding hydrogens is 353 g/mol. The molecule has 0 aliphatic rings. The van der Waals surface area contributed by atoms with E-state index in [-0.39, 0.29) is 24.8 Å². The van der Waals surface area contributed by atoms with Crippen molar-refractivity contribution in [3.05, 3.63) is 0 Å². The first-order chi connectivity index (χ1) is 4.13. The summed E-state index contributed by atoms with van der Waals surface area (Å²) in [7, 11) is 0. The van der Waals surface area contributed by atoms with E-state index in [0.29, 0.717) is 12.2 Å². The zero-order valence-electron chi connectivity index (χ0n) is 7.23. The molecule has 0 bridgehead atoms. The van der Waals surface area contributed by atoms with E-state index in [0.717, 1.165) is 0 Å². The minimum Gasteiger partial charge on any atom is -1.00 e. The van der Waals surface area contributed by atoms with Crippen molar-refractivity contribution in [1.82, 2.24) is 0 Å². The molecule has 0 aromatic rings. The van der Waals surface area contributed by atoms with Gasteiger partial charge in [-0.3, -0.25) is 0 Å². The fourth-order valence-corrected chi connectivity index (χ4v) is 1.80. The summed E-state index contributed by atoms with van der Waals surface area (Å²) in [6, 6.07) is 0. The standard InChI is InChI=1S/2C3H7O.2ClH.Hf/c2*1-3(2)4;;;/h2*3H,1-2H3;2*1H;/q2*-1;;;+4/p-2. The van der Waals surface area contributed by atoms with Gasteiger partial charge in [-0.15, -0.1) is 0 Å². The van der Waals surface area contributed by atoms with Gasteiger partial charge in [0, 0.05) is 0 Å². The molecule has 0 aliphatic carbocycles. The van der Waals surface area contributed by atoms with Gasteiger partial charge in [0.1, 0.15) is 0 Å². The summed E-state index contributed by atoms with van der Waals surface area (Å²) in [5.74, 6) is 0. The van der Waals surface area contributed by atoms with Gasteiger partial charge in [-0.25, -0.2) is 0 Å². The molecule has 0 fully saturated rings. The molecule has 68 valence electrons. The Morgan fingerprint density at radius 1 is 0.818 bits per heavy atom. The third kappa shape index (κ3) is 18.4. The molecule has 0 spiro atoms. The van der Waals surface area contributed by atoms with Crippen LogP contribution >= 0.6 is 0 Å². The van der Waals surface area contributed by atoms with Crippen molar-refractivity contribution in [3.8, 4) is 0 Å². The summed E-state index contributed by atoms with van der Waals surface area (Å²) < 4.78 is 10.6. The second-order valence-corrected chi connectivity index (χ2v) is 4.71. The van der Waals surface area contributed by atoms with E-state index in [4.69, 9.17) is 5.71 Å². The average Bonchev–Trinajstić information content (AvgIpc) is 1.63. The Hall–Kier alpha value is 1.37. The van der Waals surface area contributed by atoms with Crippen LogP contribution in [0.5, 0.6) is 0 Å². The Balaban J connectivity index is -0.000000320. The first kappa shape index (κ1) is 18.2. The van der Waals surface area contributed by atoms with Gasteiger partial charge in [-0.1, -0.05) is 0 Å². The molecule has 0 N–H and O–H groups in total. The van der Waals surface area contributed by atoms with Crippen molar-refractivity contribution in [2.75, 3.05) is 0 Å². The van der Waals surface area contributed by atoms with Crippen LogP contribution in [0.15, 0.2) is 0 Å². The van der Waals surface area contributed by atoms with Crippen molar-refractivity contribution in [1.29, 1.82) is 0 Å². The van der Waals surface area contributed by atoms with Crippen LogP contribution in [0.2, 0.25) is 0 Å². The van der Waals surface area contributed by atoms with E-state index in [2.05, 4.69) is 0 Å². The summed E-state index contributed by atoms with van der Waals surface area (Å²) in [5.41, 5.74) is 0. The fourth-order valence-electron chi connectivity index (χ4n) is 0.220. The fraction of sp³-hybridized carbons (Fsp3) is 1.00. The van der Waals surface area contributed by atoms with Crippen molar-refractivity contribution in [3.63, 3.8) is 0 Å². The quantitative estimate of drug-likeness (QED) is 0.469. The van der Waals surface area contributed by atoms with E-state index >= 15 is 0 Å². The molecule has 0 heterocycles. The molecule has 0 aromatic heterocycles. The molecule has 11 heavy (non-hydrogen) atoms. The van der Waals surface area contributed by atoms with Crippen LogP contribution in [0, 0.1) is 0 Å². The second-order valence-electron chi connectivity index (χ2n) is 2.42. The SMILES string of the molecule is CC(C)[O][Hf+2][O]C(C)C.[Cl-].[Cl-]. The molecule has 0 unspecified atom stereocenters. The summed E-state index contributed by atoms with van der Waals surface area (Å²) >= 11 is -1.12. The van der Waals surface area contributed by atoms with E-state index in [1.54, 1.807) is 0 Å². The normalized spacial score (nSPS) is 8.55. The summed E-state index contributed by atoms with van der Waals surface area (Å²) in [4.78, 5) is 0. The van der Waals surface area contributed by atoms with Gasteiger partial charge in [-0.2, -0.15) is 0 Å². The number of hydrogen-bond acceptors (Lipinski definition) is 2. The van der Waals surface area contributed by atoms with Crippen LogP contribution in [-0.4, -0.2) is 12.2 Å². The zero-order chi connectivity index (χ0) is 7.28. The topological polar surface area (TPSA) is 18.5 Å². The molecule has 0 aliphatic heterocycles. The van der Waals surface area contributed by atoms with Crippen LogP contribution in [0.3, 0.4) is 0 Å². The Morgan fingerprint density at radius 2 is 1.09 bits per heavy atom. The van der Waals surface area contributed by atoms with E-state index in [9.17, 15) is 0 Å². The third-order valence-electron chi connectivity index (χ3n) is 0.568. The minimum atomic E-state index is -1.12. The molecular formula is C6H14Cl2HfO2. The summed E-state index contributed by atoms with van der Waals surface area (Å²) in [6.07, 6.45) is 0.708. The Bertz CT molecular complexity index is 63.6. The summed E-state index contributed by atoms with van der Waals surface area (Å²) in [6.45, 7) is 8.15. The van der Waals surface area contributed by atoms with Crippen LogP contribution < -0.4 is 24.8 Å². The largest absolute Gasteiger partial charge is 1.00 e. The van der Waals surface area contributed by atoms with Gasteiger partial charge in [0.25, 0.3) is 0 Å². The summed E-state index contributed by atoms with van der Waals surface area (Å²) in [5, 5.41) is 0. The number of rotatable bonds is 4. The predicted molar refractivity (Wildman–Crippen MR) is 32.4 cm³/mol. The molecule has 0 atom stereocenters. The smallest absolute Gasteiger partial charge is 1.00 e. The zero-order valence-corrected chi connectivity index (χ0v) is 12.3. The number of halogens is 2. The number of hydrogen-bond donors (Lipinski definition) is 0. The van der Waals surface area contributed by atoms with Gasteiger partial charge >= 0.3 is 69.4 Å². The van der Waals surface area contributed by atoms with Crippen LogP contribution in [0.4, 0.5) is 0 Å². The van der Waals surface area contributed by atoms with Crippen LogP contribution in [-0.2, 0) is 29.5 Å². The first-order valence-electron chi connectivity index (χ1n) is 3.19. The van der Waals surface area contributed by atoms with Crippen molar-refractivity contribution >= 4 is 0 Å². The van der Waals surface area contributed by atoms with Gasteiger partial charge in [0.05, 0.1) is 0 Å². The van der Waals surface area contributed by atoms with Crippen molar-refractivity contribution < 1.29 is 54.3 Å². The molecule has 5 heteroatoms. The maximum Gasteiger partial charge on any atom is -1.00 e. The average molecular weight is 368 g/mol. The molecule has 0 amide bonds. The van der Waals surface area contributed by atoms with Gasteiger partial charge < -0.3 is 24.8 Å². The van der Waals surface area contributed by atoms with E-state index in [1.807, 2.05) is 27.7 Å². The van der Waals surface area contributed by atoms with E-state index < -0.39 is 23.8 Å².